The molecule has 1 aromatic heterocycles. The van der Waals surface area contributed by atoms with Gasteiger partial charge >= 0.3 is 12.1 Å². The fourth-order valence-electron chi connectivity index (χ4n) is 3.29. The van der Waals surface area contributed by atoms with E-state index in [4.69, 9.17) is 18.9 Å². The Morgan fingerprint density at radius 1 is 1.09 bits per heavy atom. The summed E-state index contributed by atoms with van der Waals surface area (Å²) >= 11 is 1.25. The lowest BCUT2D eigenvalue weighted by molar-refractivity contribution is 0.0292. The number of carbonyl (C=O) groups excluding carboxylic acids is 2. The second kappa shape index (κ2) is 10.1. The van der Waals surface area contributed by atoms with Crippen molar-refractivity contribution in [3.8, 4) is 23.3 Å². The molecule has 1 aliphatic rings. The third-order valence-corrected chi connectivity index (χ3v) is 6.08. The van der Waals surface area contributed by atoms with E-state index in [-0.39, 0.29) is 12.0 Å². The number of aromatic nitrogens is 1. The van der Waals surface area contributed by atoms with Gasteiger partial charge in [-0.25, -0.2) is 14.6 Å². The van der Waals surface area contributed by atoms with Gasteiger partial charge in [-0.2, -0.15) is 0 Å². The van der Waals surface area contributed by atoms with Gasteiger partial charge in [0, 0.05) is 30.6 Å². The highest BCUT2D eigenvalue weighted by atomic mass is 32.1. The summed E-state index contributed by atoms with van der Waals surface area (Å²) in [7, 11) is 4.46. The smallest absolute Gasteiger partial charge is 0.410 e. The van der Waals surface area contributed by atoms with E-state index in [1.54, 1.807) is 37.3 Å². The first kappa shape index (κ1) is 24.4. The Kier molecular flexibility index (Phi) is 7.49. The predicted molar refractivity (Wildman–Crippen MR) is 124 cm³/mol. The van der Waals surface area contributed by atoms with Gasteiger partial charge < -0.3 is 23.8 Å². The third kappa shape index (κ3) is 6.17. The van der Waals surface area contributed by atoms with Gasteiger partial charge in [-0.1, -0.05) is 5.92 Å². The second-order valence-corrected chi connectivity index (χ2v) is 9.52. The van der Waals surface area contributed by atoms with E-state index in [9.17, 15) is 9.59 Å². The maximum atomic E-state index is 12.4. The van der Waals surface area contributed by atoms with Crippen LogP contribution in [0.15, 0.2) is 18.2 Å². The fourth-order valence-corrected chi connectivity index (χ4v) is 4.36. The highest BCUT2D eigenvalue weighted by molar-refractivity contribution is 7.13. The van der Waals surface area contributed by atoms with Crippen molar-refractivity contribution >= 4 is 23.4 Å². The minimum Gasteiger partial charge on any atom is -0.497 e. The maximum Gasteiger partial charge on any atom is 0.410 e. The van der Waals surface area contributed by atoms with Crippen molar-refractivity contribution < 1.29 is 28.5 Å². The highest BCUT2D eigenvalue weighted by Gasteiger charge is 2.33. The SMILES string of the molecule is COC(=O)c1sc(C2CCN(C(=O)OC(C)(C)C)C2)nc1C#Cc1cc(OC)cc(OC)c1. The Hall–Kier alpha value is -3.25. The molecule has 1 aromatic carbocycles. The van der Waals surface area contributed by atoms with Gasteiger partial charge in [0.2, 0.25) is 0 Å². The van der Waals surface area contributed by atoms with Gasteiger partial charge in [-0.3, -0.25) is 0 Å². The summed E-state index contributed by atoms with van der Waals surface area (Å²) in [6.45, 7) is 6.56. The lowest BCUT2D eigenvalue weighted by Gasteiger charge is -2.24. The summed E-state index contributed by atoms with van der Waals surface area (Å²) in [5.74, 6) is 6.74. The highest BCUT2D eigenvalue weighted by Crippen LogP contribution is 2.33. The minimum absolute atomic E-state index is 0.00149. The number of hydrogen-bond acceptors (Lipinski definition) is 8. The third-order valence-electron chi connectivity index (χ3n) is 4.88. The molecule has 176 valence electrons. The number of likely N-dealkylation sites (tertiary alicyclic amines) is 1. The van der Waals surface area contributed by atoms with Gasteiger partial charge in [0.1, 0.15) is 27.7 Å². The van der Waals surface area contributed by atoms with E-state index in [0.29, 0.717) is 40.7 Å². The van der Waals surface area contributed by atoms with E-state index >= 15 is 0 Å². The molecule has 1 saturated heterocycles. The van der Waals surface area contributed by atoms with Gasteiger partial charge in [0.05, 0.1) is 26.3 Å². The zero-order valence-corrected chi connectivity index (χ0v) is 20.5. The molecule has 2 heterocycles. The van der Waals surface area contributed by atoms with Crippen LogP contribution in [0.5, 0.6) is 11.5 Å². The molecule has 8 nitrogen and oxygen atoms in total. The van der Waals surface area contributed by atoms with Crippen molar-refractivity contribution in [1.29, 1.82) is 0 Å². The van der Waals surface area contributed by atoms with E-state index in [1.807, 2.05) is 20.8 Å². The van der Waals surface area contributed by atoms with Crippen molar-refractivity contribution in [2.45, 2.75) is 38.7 Å². The zero-order chi connectivity index (χ0) is 24.2. The molecule has 1 unspecified atom stereocenters. The molecule has 0 N–H and O–H groups in total. The average Bonchev–Trinajstić information content (AvgIpc) is 3.43. The molecule has 9 heteroatoms. The molecule has 2 aromatic rings. The predicted octanol–water partition coefficient (Wildman–Crippen LogP) is 4.07. The fraction of sp³-hybridized carbons (Fsp3) is 0.458. The van der Waals surface area contributed by atoms with Crippen LogP contribution in [0.1, 0.15) is 59.0 Å². The van der Waals surface area contributed by atoms with Crippen LogP contribution >= 0.6 is 11.3 Å². The molecule has 1 aliphatic heterocycles. The largest absolute Gasteiger partial charge is 0.497 e. The maximum absolute atomic E-state index is 12.4. The number of nitrogens with zero attached hydrogens (tertiary/aromatic N) is 2. The van der Waals surface area contributed by atoms with Crippen molar-refractivity contribution in [3.05, 3.63) is 39.3 Å². The molecule has 0 spiro atoms. The van der Waals surface area contributed by atoms with Crippen LogP contribution in [-0.2, 0) is 9.47 Å². The van der Waals surface area contributed by atoms with Crippen LogP contribution in [0.4, 0.5) is 4.79 Å². The molecule has 3 rings (SSSR count). The normalized spacial score (nSPS) is 15.5. The lowest BCUT2D eigenvalue weighted by Crippen LogP contribution is -2.35. The molecule has 0 saturated carbocycles. The van der Waals surface area contributed by atoms with E-state index in [0.717, 1.165) is 11.4 Å². The summed E-state index contributed by atoms with van der Waals surface area (Å²) in [6.07, 6.45) is 0.384. The molecule has 0 radical (unpaired) electrons. The molecular formula is C24H28N2O6S. The van der Waals surface area contributed by atoms with E-state index < -0.39 is 11.6 Å². The molecule has 1 fully saturated rings. The van der Waals surface area contributed by atoms with Crippen LogP contribution in [0.25, 0.3) is 0 Å². The van der Waals surface area contributed by atoms with Crippen LogP contribution in [-0.4, -0.2) is 62.0 Å². The first-order valence-corrected chi connectivity index (χ1v) is 11.3. The quantitative estimate of drug-likeness (QED) is 0.490. The molecule has 0 bridgehead atoms. The zero-order valence-electron chi connectivity index (χ0n) is 19.7. The van der Waals surface area contributed by atoms with Crippen LogP contribution in [0.3, 0.4) is 0 Å². The van der Waals surface area contributed by atoms with Gasteiger partial charge in [-0.05, 0) is 45.2 Å². The summed E-state index contributed by atoms with van der Waals surface area (Å²) in [5, 5.41) is 0.744. The standard InChI is InChI=1S/C24H28N2O6S/c1-24(2,3)32-23(28)26-10-9-16(14-26)21-25-19(20(33-21)22(27)31-6)8-7-15-11-17(29-4)13-18(12-15)30-5/h11-13,16H,9-10,14H2,1-6H3. The number of ether oxygens (including phenoxy) is 4. The number of benzene rings is 1. The van der Waals surface area contributed by atoms with Crippen LogP contribution in [0, 0.1) is 11.8 Å². The Balaban J connectivity index is 1.86. The Morgan fingerprint density at radius 2 is 1.76 bits per heavy atom. The van der Waals surface area contributed by atoms with Gasteiger partial charge in [-0.15, -0.1) is 11.3 Å². The number of hydrogen-bond donors (Lipinski definition) is 0. The van der Waals surface area contributed by atoms with Crippen molar-refractivity contribution in [2.75, 3.05) is 34.4 Å². The number of methoxy groups -OCH3 is 3. The molecular weight excluding hydrogens is 444 g/mol. The first-order chi connectivity index (χ1) is 15.6. The number of carbonyl (C=O) groups is 2. The average molecular weight is 473 g/mol. The molecule has 33 heavy (non-hydrogen) atoms. The summed E-state index contributed by atoms with van der Waals surface area (Å²) in [5.41, 5.74) is 0.452. The number of rotatable bonds is 4. The van der Waals surface area contributed by atoms with E-state index in [2.05, 4.69) is 16.8 Å². The molecule has 0 aliphatic carbocycles. The topological polar surface area (TPSA) is 87.2 Å². The van der Waals surface area contributed by atoms with Gasteiger partial charge in [0.15, 0.2) is 0 Å². The summed E-state index contributed by atoms with van der Waals surface area (Å²) in [6, 6.07) is 5.30. The van der Waals surface area contributed by atoms with Crippen molar-refractivity contribution in [1.82, 2.24) is 9.88 Å². The van der Waals surface area contributed by atoms with Crippen molar-refractivity contribution in [3.63, 3.8) is 0 Å². The van der Waals surface area contributed by atoms with Crippen LogP contribution < -0.4 is 9.47 Å². The molecule has 1 amide bonds. The van der Waals surface area contributed by atoms with E-state index in [1.165, 1.54) is 18.4 Å². The number of amides is 1. The Labute approximate surface area is 197 Å². The molecule has 1 atom stereocenters. The monoisotopic (exact) mass is 472 g/mol. The lowest BCUT2D eigenvalue weighted by atomic mass is 10.1. The number of esters is 1. The number of thiazole rings is 1. The second-order valence-electron chi connectivity index (χ2n) is 8.48. The van der Waals surface area contributed by atoms with Crippen LogP contribution in [0.2, 0.25) is 0 Å². The summed E-state index contributed by atoms with van der Waals surface area (Å²) < 4.78 is 21.0. The first-order valence-electron chi connectivity index (χ1n) is 10.5. The van der Waals surface area contributed by atoms with Gasteiger partial charge in [0.25, 0.3) is 0 Å². The Morgan fingerprint density at radius 3 is 2.33 bits per heavy atom. The summed E-state index contributed by atoms with van der Waals surface area (Å²) in [4.78, 5) is 31.4. The minimum atomic E-state index is -0.556. The Bertz CT molecular complexity index is 1070. The van der Waals surface area contributed by atoms with Crippen molar-refractivity contribution in [2.24, 2.45) is 0 Å².